The molecular weight excluding hydrogens is 297 g/mol. The Morgan fingerprint density at radius 1 is 0.846 bits per heavy atom. The summed E-state index contributed by atoms with van der Waals surface area (Å²) < 4.78 is 9.16. The van der Waals surface area contributed by atoms with Crippen LogP contribution in [-0.2, 0) is 9.47 Å². The molecule has 0 aliphatic heterocycles. The molecule has 0 fully saturated rings. The SMILES string of the molecule is COCCC[O-].COCCC[O-].[Ba+2]. The average Bonchev–Trinajstić information content (AvgIpc) is 2.12. The van der Waals surface area contributed by atoms with Crippen LogP contribution in [0.3, 0.4) is 0 Å². The van der Waals surface area contributed by atoms with Gasteiger partial charge >= 0.3 is 48.9 Å². The molecular formula is C8H18BaO4. The van der Waals surface area contributed by atoms with Crippen molar-refractivity contribution in [2.45, 2.75) is 12.8 Å². The van der Waals surface area contributed by atoms with Crippen LogP contribution in [0.2, 0.25) is 0 Å². The van der Waals surface area contributed by atoms with Crippen LogP contribution in [-0.4, -0.2) is 89.5 Å². The quantitative estimate of drug-likeness (QED) is 0.437. The molecule has 0 saturated heterocycles. The van der Waals surface area contributed by atoms with Crippen LogP contribution in [0, 0.1) is 0 Å². The van der Waals surface area contributed by atoms with E-state index in [1.54, 1.807) is 14.2 Å². The summed E-state index contributed by atoms with van der Waals surface area (Å²) in [6, 6.07) is 0. The summed E-state index contributed by atoms with van der Waals surface area (Å²) in [6.45, 7) is 1.16. The maximum atomic E-state index is 9.61. The Morgan fingerprint density at radius 3 is 1.23 bits per heavy atom. The number of rotatable bonds is 6. The predicted octanol–water partition coefficient (Wildman–Crippen LogP) is -1.61. The van der Waals surface area contributed by atoms with E-state index in [1.807, 2.05) is 0 Å². The third kappa shape index (κ3) is 31.8. The molecule has 0 heterocycles. The van der Waals surface area contributed by atoms with E-state index >= 15 is 0 Å². The molecule has 0 amide bonds. The Morgan fingerprint density at radius 2 is 1.15 bits per heavy atom. The maximum Gasteiger partial charge on any atom is 2.00 e. The first kappa shape index (κ1) is 19.9. The predicted molar refractivity (Wildman–Crippen MR) is 48.5 cm³/mol. The van der Waals surface area contributed by atoms with E-state index in [0.29, 0.717) is 26.1 Å². The topological polar surface area (TPSA) is 64.6 Å². The Hall–Kier alpha value is 1.41. The average molecular weight is 316 g/mol. The molecule has 0 aliphatic rings. The van der Waals surface area contributed by atoms with Crippen molar-refractivity contribution in [3.8, 4) is 0 Å². The summed E-state index contributed by atoms with van der Waals surface area (Å²) in [5.74, 6) is 0. The van der Waals surface area contributed by atoms with E-state index in [1.165, 1.54) is 0 Å². The molecule has 5 heteroatoms. The minimum Gasteiger partial charge on any atom is -0.854 e. The molecule has 0 aromatic heterocycles. The van der Waals surface area contributed by atoms with Gasteiger partial charge in [0, 0.05) is 27.4 Å². The second-order valence-electron chi connectivity index (χ2n) is 2.10. The van der Waals surface area contributed by atoms with Gasteiger partial charge in [0.25, 0.3) is 0 Å². The first-order chi connectivity index (χ1) is 5.83. The maximum absolute atomic E-state index is 9.61. The second-order valence-corrected chi connectivity index (χ2v) is 2.10. The van der Waals surface area contributed by atoms with E-state index < -0.39 is 0 Å². The second kappa shape index (κ2) is 23.3. The third-order valence-corrected chi connectivity index (χ3v) is 0.986. The van der Waals surface area contributed by atoms with Crippen molar-refractivity contribution in [2.75, 3.05) is 40.6 Å². The van der Waals surface area contributed by atoms with Crippen LogP contribution < -0.4 is 10.2 Å². The zero-order valence-corrected chi connectivity index (χ0v) is 13.0. The van der Waals surface area contributed by atoms with Gasteiger partial charge in [-0.25, -0.2) is 0 Å². The van der Waals surface area contributed by atoms with Gasteiger partial charge in [0.1, 0.15) is 0 Å². The van der Waals surface area contributed by atoms with Gasteiger partial charge in [-0.2, -0.15) is 0 Å². The number of hydrogen-bond acceptors (Lipinski definition) is 4. The monoisotopic (exact) mass is 316 g/mol. The molecule has 0 N–H and O–H groups in total. The van der Waals surface area contributed by atoms with Gasteiger partial charge in [-0.15, -0.1) is 13.2 Å². The van der Waals surface area contributed by atoms with E-state index in [2.05, 4.69) is 9.47 Å². The molecule has 76 valence electrons. The van der Waals surface area contributed by atoms with Gasteiger partial charge in [-0.3, -0.25) is 0 Å². The van der Waals surface area contributed by atoms with Crippen LogP contribution in [0.25, 0.3) is 0 Å². The van der Waals surface area contributed by atoms with Crippen molar-refractivity contribution in [2.24, 2.45) is 0 Å². The standard InChI is InChI=1S/2C4H9O2.Ba/c2*1-6-4-2-3-5;/h2*2-4H2,1H3;/q2*-1;+2. The number of hydrogen-bond donors (Lipinski definition) is 0. The molecule has 13 heavy (non-hydrogen) atoms. The first-order valence-corrected chi connectivity index (χ1v) is 3.97. The third-order valence-electron chi connectivity index (χ3n) is 0.986. The Balaban J connectivity index is -0.000000143. The van der Waals surface area contributed by atoms with E-state index in [9.17, 15) is 10.2 Å². The summed E-state index contributed by atoms with van der Waals surface area (Å²) in [5, 5.41) is 19.2. The molecule has 0 bridgehead atoms. The smallest absolute Gasteiger partial charge is 0.854 e. The van der Waals surface area contributed by atoms with E-state index in [0.717, 1.165) is 0 Å². The summed E-state index contributed by atoms with van der Waals surface area (Å²) in [6.07, 6.45) is 1.27. The van der Waals surface area contributed by atoms with Gasteiger partial charge in [0.05, 0.1) is 0 Å². The first-order valence-electron chi connectivity index (χ1n) is 3.97. The van der Waals surface area contributed by atoms with Crippen molar-refractivity contribution in [3.63, 3.8) is 0 Å². The molecule has 0 rings (SSSR count). The minimum absolute atomic E-state index is 0. The molecule has 4 nitrogen and oxygen atoms in total. The Kier molecular flexibility index (Phi) is 35.7. The summed E-state index contributed by atoms with van der Waals surface area (Å²) >= 11 is 0. The molecule has 0 unspecified atom stereocenters. The van der Waals surface area contributed by atoms with Crippen molar-refractivity contribution < 1.29 is 19.7 Å². The fraction of sp³-hybridized carbons (Fsp3) is 1.00. The molecule has 0 aliphatic carbocycles. The van der Waals surface area contributed by atoms with Crippen molar-refractivity contribution in [3.05, 3.63) is 0 Å². The van der Waals surface area contributed by atoms with E-state index in [-0.39, 0.29) is 62.1 Å². The summed E-state index contributed by atoms with van der Waals surface area (Å²) in [5.41, 5.74) is 0. The van der Waals surface area contributed by atoms with Crippen molar-refractivity contribution in [1.29, 1.82) is 0 Å². The zero-order valence-electron chi connectivity index (χ0n) is 8.58. The van der Waals surface area contributed by atoms with Gasteiger partial charge < -0.3 is 19.7 Å². The largest absolute Gasteiger partial charge is 2.00 e. The fourth-order valence-electron chi connectivity index (χ4n) is 0.407. The van der Waals surface area contributed by atoms with E-state index in [4.69, 9.17) is 0 Å². The molecule has 0 aromatic rings. The minimum atomic E-state index is -0.0200. The zero-order chi connectivity index (χ0) is 9.66. The fourth-order valence-corrected chi connectivity index (χ4v) is 0.407. The molecule has 0 atom stereocenters. The normalized spacial score (nSPS) is 8.31. The van der Waals surface area contributed by atoms with Crippen molar-refractivity contribution >= 4 is 48.9 Å². The number of methoxy groups -OCH3 is 2. The molecule has 0 saturated carbocycles. The Labute approximate surface area is 121 Å². The van der Waals surface area contributed by atoms with Crippen molar-refractivity contribution in [1.82, 2.24) is 0 Å². The van der Waals surface area contributed by atoms with Gasteiger partial charge in [-0.1, -0.05) is 0 Å². The summed E-state index contributed by atoms with van der Waals surface area (Å²) in [4.78, 5) is 0. The van der Waals surface area contributed by atoms with Gasteiger partial charge in [0.15, 0.2) is 0 Å². The van der Waals surface area contributed by atoms with Crippen LogP contribution in [0.4, 0.5) is 0 Å². The van der Waals surface area contributed by atoms with Crippen LogP contribution in [0.1, 0.15) is 12.8 Å². The Bertz CT molecular complexity index is 48.1. The van der Waals surface area contributed by atoms with Gasteiger partial charge in [0.2, 0.25) is 0 Å². The molecule has 0 radical (unpaired) electrons. The van der Waals surface area contributed by atoms with Crippen LogP contribution >= 0.6 is 0 Å². The van der Waals surface area contributed by atoms with Crippen LogP contribution in [0.5, 0.6) is 0 Å². The number of ether oxygens (including phenoxy) is 2. The van der Waals surface area contributed by atoms with Crippen LogP contribution in [0.15, 0.2) is 0 Å². The molecule has 0 aromatic carbocycles. The summed E-state index contributed by atoms with van der Waals surface area (Å²) in [7, 11) is 3.19. The molecule has 0 spiro atoms. The van der Waals surface area contributed by atoms with Gasteiger partial charge in [-0.05, 0) is 12.8 Å².